The highest BCUT2D eigenvalue weighted by atomic mass is 31.2. The third-order valence-corrected chi connectivity index (χ3v) is 10.1. The number of aliphatic hydroxyl groups is 2. The zero-order valence-electron chi connectivity index (χ0n) is 23.8. The molecule has 232 valence electrons. The molecule has 0 bridgehead atoms. The van der Waals surface area contributed by atoms with Gasteiger partial charge in [-0.05, 0) is 51.7 Å². The topological polar surface area (TPSA) is 213 Å². The lowest BCUT2D eigenvalue weighted by Gasteiger charge is -2.31. The summed E-state index contributed by atoms with van der Waals surface area (Å²) in [5.41, 5.74) is -0.140. The summed E-state index contributed by atoms with van der Waals surface area (Å²) >= 11 is 0. The van der Waals surface area contributed by atoms with E-state index in [2.05, 4.69) is 20.0 Å². The van der Waals surface area contributed by atoms with Gasteiger partial charge in [0.1, 0.15) is 34.7 Å². The van der Waals surface area contributed by atoms with Crippen molar-refractivity contribution < 1.29 is 38.1 Å². The largest absolute Gasteiger partial charge is 0.461 e. The molecule has 2 saturated carbocycles. The molecule has 2 aliphatic carbocycles. The summed E-state index contributed by atoms with van der Waals surface area (Å²) in [7, 11) is -4.29. The number of carbonyl (C=O) groups is 1. The fraction of sp³-hybridized carbons (Fsp3) is 0.556. The standard InChI is InChI=1S/C27H35N6O9P/c1-16(22(35)40-17-9-5-3-6-10-17)32-43(38,42-18-11-7-4-8-12-18)39-14-26-13-27(26,37)25(2,36)23(41-26)33-15-29-19-20(33)30-24(28)31-21(19)34/h4,7-8,11-12,15-17,23,36-37H,3,5-6,9-10,13-14H2,1-2H3,(H,32,38)(H3,28,30,31,34)/t16?,23-,25+,26-,27+,43?/m1/s1. The van der Waals surface area contributed by atoms with Crippen LogP contribution in [0.3, 0.4) is 0 Å². The van der Waals surface area contributed by atoms with Gasteiger partial charge in [0.25, 0.3) is 5.56 Å². The van der Waals surface area contributed by atoms with Gasteiger partial charge in [0.15, 0.2) is 17.4 Å². The molecule has 0 radical (unpaired) electrons. The second-order valence-electron chi connectivity index (χ2n) is 11.6. The van der Waals surface area contributed by atoms with Gasteiger partial charge in [-0.2, -0.15) is 10.1 Å². The zero-order chi connectivity index (χ0) is 30.6. The molecular weight excluding hydrogens is 583 g/mol. The number of ether oxygens (including phenoxy) is 2. The van der Waals surface area contributed by atoms with E-state index in [4.69, 9.17) is 24.3 Å². The summed E-state index contributed by atoms with van der Waals surface area (Å²) in [5, 5.41) is 25.7. The number of hydrogen-bond acceptors (Lipinski definition) is 12. The number of imidazole rings is 1. The number of hydrogen-bond donors (Lipinski definition) is 5. The van der Waals surface area contributed by atoms with Gasteiger partial charge in [-0.3, -0.25) is 23.7 Å². The summed E-state index contributed by atoms with van der Waals surface area (Å²) in [5.74, 6) is -0.548. The normalized spacial score (nSPS) is 30.8. The molecular formula is C27H35N6O9P. The minimum Gasteiger partial charge on any atom is -0.461 e. The second-order valence-corrected chi connectivity index (χ2v) is 13.3. The van der Waals surface area contributed by atoms with E-state index in [1.165, 1.54) is 24.7 Å². The van der Waals surface area contributed by atoms with E-state index in [9.17, 15) is 24.4 Å². The number of aromatic nitrogens is 4. The molecule has 3 fully saturated rings. The third-order valence-electron chi connectivity index (χ3n) is 8.51. The highest BCUT2D eigenvalue weighted by Crippen LogP contribution is 2.68. The Morgan fingerprint density at radius 1 is 1.28 bits per heavy atom. The van der Waals surface area contributed by atoms with Crippen LogP contribution in [0.4, 0.5) is 5.95 Å². The first-order valence-electron chi connectivity index (χ1n) is 14.2. The zero-order valence-corrected chi connectivity index (χ0v) is 24.7. The van der Waals surface area contributed by atoms with Gasteiger partial charge in [-0.15, -0.1) is 0 Å². The number of nitrogens with zero attached hydrogens (tertiary/aromatic N) is 3. The molecule has 6 N–H and O–H groups in total. The Kier molecular flexibility index (Phi) is 7.39. The van der Waals surface area contributed by atoms with Gasteiger partial charge in [0, 0.05) is 6.42 Å². The summed E-state index contributed by atoms with van der Waals surface area (Å²) < 4.78 is 38.8. The molecule has 6 rings (SSSR count). The first kappa shape index (κ1) is 29.7. The maximum atomic E-state index is 14.1. The number of benzene rings is 1. The summed E-state index contributed by atoms with van der Waals surface area (Å²) in [4.78, 5) is 35.7. The molecule has 3 heterocycles. The number of para-hydroxylation sites is 1. The molecule has 0 amide bonds. The number of esters is 1. The Bertz CT molecular complexity index is 1620. The average Bonchev–Trinajstić information content (AvgIpc) is 3.27. The minimum atomic E-state index is -4.29. The second kappa shape index (κ2) is 10.7. The number of aromatic amines is 1. The van der Waals surface area contributed by atoms with E-state index in [0.29, 0.717) is 0 Å². The Morgan fingerprint density at radius 3 is 2.72 bits per heavy atom. The van der Waals surface area contributed by atoms with Crippen LogP contribution >= 0.6 is 7.75 Å². The lowest BCUT2D eigenvalue weighted by molar-refractivity contribution is -0.152. The van der Waals surface area contributed by atoms with Crippen molar-refractivity contribution in [3.8, 4) is 5.75 Å². The van der Waals surface area contributed by atoms with Gasteiger partial charge < -0.3 is 29.9 Å². The van der Waals surface area contributed by atoms with E-state index in [0.717, 1.165) is 32.1 Å². The monoisotopic (exact) mass is 618 g/mol. The summed E-state index contributed by atoms with van der Waals surface area (Å²) in [6.45, 7) is 2.38. The summed E-state index contributed by atoms with van der Waals surface area (Å²) in [6.07, 6.45) is 4.32. The van der Waals surface area contributed by atoms with Gasteiger partial charge in [0.05, 0.1) is 12.9 Å². The van der Waals surface area contributed by atoms with Crippen LogP contribution in [0.1, 0.15) is 58.6 Å². The highest BCUT2D eigenvalue weighted by molar-refractivity contribution is 7.52. The van der Waals surface area contributed by atoms with Crippen molar-refractivity contribution in [2.45, 2.75) is 87.5 Å². The number of nitrogens with two attached hydrogens (primary N) is 1. The fourth-order valence-corrected chi connectivity index (χ4v) is 7.50. The molecule has 15 nitrogen and oxygen atoms in total. The molecule has 0 spiro atoms. The van der Waals surface area contributed by atoms with E-state index in [1.54, 1.807) is 30.3 Å². The van der Waals surface area contributed by atoms with Crippen molar-refractivity contribution in [2.75, 3.05) is 12.3 Å². The van der Waals surface area contributed by atoms with Crippen LogP contribution in [0, 0.1) is 0 Å². The Labute approximate surface area is 246 Å². The van der Waals surface area contributed by atoms with Crippen molar-refractivity contribution in [1.29, 1.82) is 0 Å². The van der Waals surface area contributed by atoms with Crippen LogP contribution in [-0.2, 0) is 23.4 Å². The van der Waals surface area contributed by atoms with E-state index < -0.39 is 55.0 Å². The SMILES string of the molecule is CC(NP(=O)(OC[C@]12C[C@]1(O)[C@@](C)(O)[C@H](n1cnc3c(=O)[nH]c(N)nc31)O2)Oc1ccccc1)C(=O)OC1CCCCC1. The number of rotatable bonds is 10. The van der Waals surface area contributed by atoms with E-state index in [1.807, 2.05) is 0 Å². The van der Waals surface area contributed by atoms with Gasteiger partial charge in [-0.25, -0.2) is 9.55 Å². The Morgan fingerprint density at radius 2 is 2.00 bits per heavy atom. The molecule has 43 heavy (non-hydrogen) atoms. The van der Waals surface area contributed by atoms with E-state index >= 15 is 0 Å². The Balaban J connectivity index is 1.22. The number of nitrogens with one attached hydrogen (secondary N) is 2. The molecule has 3 aliphatic rings. The molecule has 2 unspecified atom stereocenters. The third kappa shape index (κ3) is 5.23. The number of carbonyl (C=O) groups excluding carboxylic acids is 1. The lowest BCUT2D eigenvalue weighted by atomic mass is 9.94. The van der Waals surface area contributed by atoms with Gasteiger partial charge in [-0.1, -0.05) is 24.6 Å². The van der Waals surface area contributed by atoms with Crippen LogP contribution in [0.25, 0.3) is 11.2 Å². The van der Waals surface area contributed by atoms with Crippen molar-refractivity contribution in [1.82, 2.24) is 24.6 Å². The average molecular weight is 619 g/mol. The molecule has 1 aromatic carbocycles. The van der Waals surface area contributed by atoms with Gasteiger partial charge >= 0.3 is 13.7 Å². The van der Waals surface area contributed by atoms with Crippen LogP contribution in [0.2, 0.25) is 0 Å². The number of H-pyrrole nitrogens is 1. The highest BCUT2D eigenvalue weighted by Gasteiger charge is 2.84. The van der Waals surface area contributed by atoms with E-state index in [-0.39, 0.29) is 35.4 Å². The first-order chi connectivity index (χ1) is 20.4. The predicted octanol–water partition coefficient (Wildman–Crippen LogP) is 1.91. The number of fused-ring (bicyclic) bond motifs is 2. The predicted molar refractivity (Wildman–Crippen MR) is 152 cm³/mol. The van der Waals surface area contributed by atoms with Crippen molar-refractivity contribution >= 4 is 30.8 Å². The Hall–Kier alpha value is -3.33. The van der Waals surface area contributed by atoms with Crippen molar-refractivity contribution in [3.05, 3.63) is 47.0 Å². The maximum Gasteiger partial charge on any atom is 0.459 e. The lowest BCUT2D eigenvalue weighted by Crippen LogP contribution is -2.46. The summed E-state index contributed by atoms with van der Waals surface area (Å²) in [6, 6.07) is 7.21. The first-order valence-corrected chi connectivity index (χ1v) is 15.7. The fourth-order valence-electron chi connectivity index (χ4n) is 5.97. The molecule has 1 aliphatic heterocycles. The van der Waals surface area contributed by atoms with Crippen molar-refractivity contribution in [3.63, 3.8) is 0 Å². The number of nitrogen functional groups attached to an aromatic ring is 1. The van der Waals surface area contributed by atoms with Crippen LogP contribution in [-0.4, -0.2) is 71.3 Å². The molecule has 16 heteroatoms. The molecule has 1 saturated heterocycles. The molecule has 3 aromatic rings. The molecule has 2 aromatic heterocycles. The maximum absolute atomic E-state index is 14.1. The van der Waals surface area contributed by atoms with Crippen LogP contribution < -0.4 is 20.9 Å². The van der Waals surface area contributed by atoms with Crippen molar-refractivity contribution in [2.24, 2.45) is 0 Å². The van der Waals surface area contributed by atoms with Crippen LogP contribution in [0.5, 0.6) is 5.75 Å². The number of anilines is 1. The quantitative estimate of drug-likeness (QED) is 0.162. The molecule has 6 atom stereocenters. The smallest absolute Gasteiger partial charge is 0.459 e. The van der Waals surface area contributed by atoms with Gasteiger partial charge in [0.2, 0.25) is 5.95 Å². The van der Waals surface area contributed by atoms with Crippen LogP contribution in [0.15, 0.2) is 41.5 Å². The minimum absolute atomic E-state index is 0.0366.